The average molecular weight is 299 g/mol. The van der Waals surface area contributed by atoms with Crippen LogP contribution in [0.3, 0.4) is 0 Å². The molecule has 5 heteroatoms. The fraction of sp³-hybridized carbons (Fsp3) is 0.875. The van der Waals surface area contributed by atoms with Crippen LogP contribution in [0.1, 0.15) is 58.3 Å². The Morgan fingerprint density at radius 1 is 1.05 bits per heavy atom. The van der Waals surface area contributed by atoms with Gasteiger partial charge in [0.05, 0.1) is 18.4 Å². The molecule has 1 fully saturated rings. The van der Waals surface area contributed by atoms with Crippen molar-refractivity contribution < 1.29 is 19.8 Å². The number of nitrogens with zero attached hydrogens (tertiary/aromatic N) is 1. The first kappa shape index (κ1) is 18.0. The smallest absolute Gasteiger partial charge is 0.307 e. The first-order valence-electron chi connectivity index (χ1n) is 8.24. The summed E-state index contributed by atoms with van der Waals surface area (Å²) in [7, 11) is 0. The summed E-state index contributed by atoms with van der Waals surface area (Å²) >= 11 is 0. The summed E-state index contributed by atoms with van der Waals surface area (Å²) in [4.78, 5) is 25.6. The number of carbonyl (C=O) groups is 2. The van der Waals surface area contributed by atoms with Gasteiger partial charge in [-0.15, -0.1) is 0 Å². The highest BCUT2D eigenvalue weighted by Crippen LogP contribution is 2.31. The SMILES string of the molecule is CCCCCCN(CCO)C(=O)[C@@H]1CCCC[C@@H]1C(=O)O. The Morgan fingerprint density at radius 2 is 1.71 bits per heavy atom. The molecule has 5 nitrogen and oxygen atoms in total. The number of aliphatic hydroxyl groups is 1. The van der Waals surface area contributed by atoms with E-state index >= 15 is 0 Å². The van der Waals surface area contributed by atoms with E-state index < -0.39 is 17.8 Å². The molecule has 0 bridgehead atoms. The number of carbonyl (C=O) groups excluding carboxylic acids is 1. The van der Waals surface area contributed by atoms with Crippen LogP contribution in [0.5, 0.6) is 0 Å². The molecule has 2 atom stereocenters. The van der Waals surface area contributed by atoms with E-state index in [1.165, 1.54) is 0 Å². The second-order valence-corrected chi connectivity index (χ2v) is 5.95. The molecule has 0 unspecified atom stereocenters. The number of hydrogen-bond acceptors (Lipinski definition) is 3. The van der Waals surface area contributed by atoms with E-state index in [9.17, 15) is 14.7 Å². The van der Waals surface area contributed by atoms with Crippen LogP contribution in [-0.4, -0.2) is 46.7 Å². The fourth-order valence-corrected chi connectivity index (χ4v) is 3.14. The zero-order valence-corrected chi connectivity index (χ0v) is 13.1. The Morgan fingerprint density at radius 3 is 2.29 bits per heavy atom. The van der Waals surface area contributed by atoms with Crippen molar-refractivity contribution in [2.75, 3.05) is 19.7 Å². The minimum absolute atomic E-state index is 0.0655. The highest BCUT2D eigenvalue weighted by atomic mass is 16.4. The molecule has 2 N–H and O–H groups in total. The van der Waals surface area contributed by atoms with Gasteiger partial charge in [0, 0.05) is 13.1 Å². The minimum Gasteiger partial charge on any atom is -0.481 e. The normalized spacial score (nSPS) is 22.0. The van der Waals surface area contributed by atoms with E-state index in [4.69, 9.17) is 5.11 Å². The molecule has 1 amide bonds. The molecule has 1 rings (SSSR count). The largest absolute Gasteiger partial charge is 0.481 e. The summed E-state index contributed by atoms with van der Waals surface area (Å²) in [6.45, 7) is 3.01. The van der Waals surface area contributed by atoms with Gasteiger partial charge in [0.15, 0.2) is 0 Å². The number of carboxylic acids is 1. The molecule has 0 saturated heterocycles. The van der Waals surface area contributed by atoms with Crippen LogP contribution < -0.4 is 0 Å². The molecule has 0 aromatic heterocycles. The zero-order chi connectivity index (χ0) is 15.7. The summed E-state index contributed by atoms with van der Waals surface area (Å²) in [6, 6.07) is 0. The molecule has 0 radical (unpaired) electrons. The first-order chi connectivity index (χ1) is 10.1. The van der Waals surface area contributed by atoms with Crippen molar-refractivity contribution >= 4 is 11.9 Å². The molecular formula is C16H29NO4. The highest BCUT2D eigenvalue weighted by molar-refractivity contribution is 5.85. The fourth-order valence-electron chi connectivity index (χ4n) is 3.14. The Hall–Kier alpha value is -1.10. The number of rotatable bonds is 9. The molecule has 0 aromatic carbocycles. The summed E-state index contributed by atoms with van der Waals surface area (Å²) in [5, 5.41) is 18.4. The third-order valence-electron chi connectivity index (χ3n) is 4.36. The molecule has 0 aromatic rings. The average Bonchev–Trinajstić information content (AvgIpc) is 2.49. The van der Waals surface area contributed by atoms with E-state index in [0.29, 0.717) is 25.9 Å². The van der Waals surface area contributed by atoms with Crippen molar-refractivity contribution in [3.8, 4) is 0 Å². The second kappa shape index (κ2) is 9.77. The topological polar surface area (TPSA) is 77.8 Å². The summed E-state index contributed by atoms with van der Waals surface area (Å²) in [6.07, 6.45) is 7.32. The summed E-state index contributed by atoms with van der Waals surface area (Å²) in [5.41, 5.74) is 0. The molecule has 0 spiro atoms. The summed E-state index contributed by atoms with van der Waals surface area (Å²) in [5.74, 6) is -1.90. The molecule has 1 aliphatic carbocycles. The van der Waals surface area contributed by atoms with E-state index in [2.05, 4.69) is 6.92 Å². The van der Waals surface area contributed by atoms with Crippen LogP contribution in [0.2, 0.25) is 0 Å². The van der Waals surface area contributed by atoms with E-state index in [-0.39, 0.29) is 12.5 Å². The van der Waals surface area contributed by atoms with Crippen molar-refractivity contribution in [1.29, 1.82) is 0 Å². The third-order valence-corrected chi connectivity index (χ3v) is 4.36. The van der Waals surface area contributed by atoms with E-state index in [0.717, 1.165) is 38.5 Å². The van der Waals surface area contributed by atoms with Crippen LogP contribution >= 0.6 is 0 Å². The Balaban J connectivity index is 2.62. The van der Waals surface area contributed by atoms with Gasteiger partial charge in [-0.25, -0.2) is 0 Å². The lowest BCUT2D eigenvalue weighted by Crippen LogP contribution is -2.44. The van der Waals surface area contributed by atoms with Crippen LogP contribution in [0.15, 0.2) is 0 Å². The lowest BCUT2D eigenvalue weighted by molar-refractivity contribution is -0.152. The second-order valence-electron chi connectivity index (χ2n) is 5.95. The van der Waals surface area contributed by atoms with Gasteiger partial charge in [0.1, 0.15) is 0 Å². The van der Waals surface area contributed by atoms with Crippen LogP contribution in [0, 0.1) is 11.8 Å². The van der Waals surface area contributed by atoms with Gasteiger partial charge >= 0.3 is 5.97 Å². The molecule has 122 valence electrons. The van der Waals surface area contributed by atoms with Gasteiger partial charge in [-0.1, -0.05) is 39.0 Å². The Bertz CT molecular complexity index is 332. The van der Waals surface area contributed by atoms with Gasteiger partial charge in [0.2, 0.25) is 5.91 Å². The minimum atomic E-state index is -0.858. The Kier molecular flexibility index (Phi) is 8.35. The monoisotopic (exact) mass is 299 g/mol. The number of hydrogen-bond donors (Lipinski definition) is 2. The van der Waals surface area contributed by atoms with Gasteiger partial charge in [0.25, 0.3) is 0 Å². The molecule has 1 saturated carbocycles. The third kappa shape index (κ3) is 5.65. The quantitative estimate of drug-likeness (QED) is 0.640. The van der Waals surface area contributed by atoms with E-state index in [1.807, 2.05) is 0 Å². The number of aliphatic hydroxyl groups excluding tert-OH is 1. The summed E-state index contributed by atoms with van der Waals surface area (Å²) < 4.78 is 0. The van der Waals surface area contributed by atoms with Crippen molar-refractivity contribution in [2.45, 2.75) is 58.3 Å². The number of amides is 1. The van der Waals surface area contributed by atoms with Gasteiger partial charge in [-0.2, -0.15) is 0 Å². The van der Waals surface area contributed by atoms with Crippen molar-refractivity contribution in [3.05, 3.63) is 0 Å². The first-order valence-corrected chi connectivity index (χ1v) is 8.24. The van der Waals surface area contributed by atoms with Crippen LogP contribution in [0.4, 0.5) is 0 Å². The molecule has 0 heterocycles. The van der Waals surface area contributed by atoms with Crippen LogP contribution in [0.25, 0.3) is 0 Å². The molecule has 21 heavy (non-hydrogen) atoms. The zero-order valence-electron chi connectivity index (χ0n) is 13.1. The lowest BCUT2D eigenvalue weighted by Gasteiger charge is -2.32. The maximum absolute atomic E-state index is 12.6. The molecule has 0 aliphatic heterocycles. The predicted molar refractivity (Wildman–Crippen MR) is 80.9 cm³/mol. The van der Waals surface area contributed by atoms with Crippen molar-refractivity contribution in [3.63, 3.8) is 0 Å². The predicted octanol–water partition coefficient (Wildman–Crippen LogP) is 2.28. The number of aliphatic carboxylic acids is 1. The lowest BCUT2D eigenvalue weighted by atomic mass is 9.78. The maximum atomic E-state index is 12.6. The van der Waals surface area contributed by atoms with Crippen LogP contribution in [-0.2, 0) is 9.59 Å². The van der Waals surface area contributed by atoms with Gasteiger partial charge in [-0.3, -0.25) is 9.59 Å². The van der Waals surface area contributed by atoms with Gasteiger partial charge in [-0.05, 0) is 19.3 Å². The molecule has 1 aliphatic rings. The van der Waals surface area contributed by atoms with Crippen molar-refractivity contribution in [2.24, 2.45) is 11.8 Å². The van der Waals surface area contributed by atoms with E-state index in [1.54, 1.807) is 4.90 Å². The van der Waals surface area contributed by atoms with Crippen molar-refractivity contribution in [1.82, 2.24) is 4.90 Å². The molecular weight excluding hydrogens is 270 g/mol. The standard InChI is InChI=1S/C16H29NO4/c1-2-3-4-7-10-17(11-12-18)15(19)13-8-5-6-9-14(13)16(20)21/h13-14,18H,2-12H2,1H3,(H,20,21)/t13-,14+/m1/s1. The van der Waals surface area contributed by atoms with Gasteiger partial charge < -0.3 is 15.1 Å². The number of unbranched alkanes of at least 4 members (excludes halogenated alkanes) is 3. The Labute approximate surface area is 127 Å². The number of carboxylic acid groups (broad SMARTS) is 1. The maximum Gasteiger partial charge on any atom is 0.307 e. The highest BCUT2D eigenvalue weighted by Gasteiger charge is 2.37.